The monoisotopic (exact) mass is 307 g/mol. The lowest BCUT2D eigenvalue weighted by molar-refractivity contribution is -0.385. The average molecular weight is 307 g/mol. The second kappa shape index (κ2) is 5.88. The van der Waals surface area contributed by atoms with Gasteiger partial charge in [0.2, 0.25) is 0 Å². The average Bonchev–Trinajstić information content (AvgIpc) is 2.75. The lowest BCUT2D eigenvalue weighted by Gasteiger charge is -2.07. The summed E-state index contributed by atoms with van der Waals surface area (Å²) in [6, 6.07) is 3.02. The Bertz CT molecular complexity index is 692. The van der Waals surface area contributed by atoms with Crippen LogP contribution in [0.4, 0.5) is 11.5 Å². The molecule has 21 heavy (non-hydrogen) atoms. The number of carboxylic acid groups (broad SMARTS) is 1. The minimum absolute atomic E-state index is 0.122. The van der Waals surface area contributed by atoms with Crippen molar-refractivity contribution in [1.82, 2.24) is 4.98 Å². The molecule has 2 N–H and O–H groups in total. The highest BCUT2D eigenvalue weighted by Gasteiger charge is 2.17. The Kier molecular flexibility index (Phi) is 4.18. The van der Waals surface area contributed by atoms with E-state index >= 15 is 0 Å². The van der Waals surface area contributed by atoms with Crippen LogP contribution in [0.15, 0.2) is 18.3 Å². The number of anilines is 1. The maximum absolute atomic E-state index is 11.2. The van der Waals surface area contributed by atoms with Gasteiger partial charge in [-0.3, -0.25) is 10.1 Å². The Morgan fingerprint density at radius 3 is 2.71 bits per heavy atom. The van der Waals surface area contributed by atoms with Crippen LogP contribution in [0.3, 0.4) is 0 Å². The lowest BCUT2D eigenvalue weighted by atomic mass is 10.2. The zero-order valence-corrected chi connectivity index (χ0v) is 12.2. The van der Waals surface area contributed by atoms with E-state index in [1.165, 1.54) is 10.4 Å². The summed E-state index contributed by atoms with van der Waals surface area (Å²) in [5.74, 6) is -1.14. The number of nitrogens with zero attached hydrogens (tertiary/aromatic N) is 2. The summed E-state index contributed by atoms with van der Waals surface area (Å²) < 4.78 is 0. The van der Waals surface area contributed by atoms with Crippen LogP contribution in [-0.4, -0.2) is 21.0 Å². The summed E-state index contributed by atoms with van der Waals surface area (Å²) in [6.07, 6.45) is 1.04. The van der Waals surface area contributed by atoms with Crippen molar-refractivity contribution in [3.05, 3.63) is 49.3 Å². The van der Waals surface area contributed by atoms with E-state index < -0.39 is 10.9 Å². The Labute approximate surface area is 124 Å². The summed E-state index contributed by atoms with van der Waals surface area (Å²) in [6.45, 7) is 4.43. The van der Waals surface area contributed by atoms with Crippen molar-refractivity contribution in [2.45, 2.75) is 20.4 Å². The number of aryl methyl sites for hydroxylation is 2. The number of carbonyl (C=O) groups is 1. The maximum Gasteiger partial charge on any atom is 0.339 e. The van der Waals surface area contributed by atoms with Gasteiger partial charge in [-0.2, -0.15) is 0 Å². The first-order chi connectivity index (χ1) is 9.88. The van der Waals surface area contributed by atoms with Crippen LogP contribution in [0.25, 0.3) is 0 Å². The molecule has 0 aromatic carbocycles. The van der Waals surface area contributed by atoms with Crippen molar-refractivity contribution < 1.29 is 14.8 Å². The van der Waals surface area contributed by atoms with Gasteiger partial charge in [0.1, 0.15) is 17.6 Å². The highest BCUT2D eigenvalue weighted by molar-refractivity contribution is 7.12. The van der Waals surface area contributed by atoms with Crippen molar-refractivity contribution in [3.63, 3.8) is 0 Å². The van der Waals surface area contributed by atoms with Gasteiger partial charge in [-0.25, -0.2) is 9.78 Å². The number of hydrogen-bond donors (Lipinski definition) is 2. The fourth-order valence-corrected chi connectivity index (χ4v) is 2.76. The molecule has 2 rings (SSSR count). The second-order valence-corrected chi connectivity index (χ2v) is 5.80. The number of aromatic nitrogens is 1. The normalized spacial score (nSPS) is 10.4. The van der Waals surface area contributed by atoms with Gasteiger partial charge in [-0.05, 0) is 25.5 Å². The zero-order valence-electron chi connectivity index (χ0n) is 11.4. The van der Waals surface area contributed by atoms with E-state index in [2.05, 4.69) is 10.3 Å². The van der Waals surface area contributed by atoms with Gasteiger partial charge >= 0.3 is 5.97 Å². The number of nitrogens with one attached hydrogen (secondary N) is 1. The van der Waals surface area contributed by atoms with Gasteiger partial charge < -0.3 is 10.4 Å². The third-order valence-corrected chi connectivity index (χ3v) is 4.11. The number of thiophene rings is 1. The molecule has 2 aromatic rings. The van der Waals surface area contributed by atoms with E-state index in [0.29, 0.717) is 6.54 Å². The smallest absolute Gasteiger partial charge is 0.339 e. The Morgan fingerprint density at radius 2 is 2.19 bits per heavy atom. The van der Waals surface area contributed by atoms with Crippen LogP contribution in [0, 0.1) is 24.0 Å². The van der Waals surface area contributed by atoms with Crippen LogP contribution < -0.4 is 5.32 Å². The SMILES string of the molecule is Cc1cc(CNc2ncc([N+](=O)[O-])cc2C(=O)O)sc1C. The first-order valence-electron chi connectivity index (χ1n) is 6.06. The molecule has 7 nitrogen and oxygen atoms in total. The fraction of sp³-hybridized carbons (Fsp3) is 0.231. The standard InChI is InChI=1S/C13H13N3O4S/c1-7-3-10(21-8(7)2)6-15-12-11(13(17)18)4-9(5-14-12)16(19)20/h3-5H,6H2,1-2H3,(H,14,15)(H,17,18). The molecule has 0 saturated heterocycles. The van der Waals surface area contributed by atoms with Crippen molar-refractivity contribution in [2.75, 3.05) is 5.32 Å². The summed E-state index contributed by atoms with van der Waals surface area (Å²) in [5.41, 5.74) is 0.613. The van der Waals surface area contributed by atoms with Crippen molar-refractivity contribution in [1.29, 1.82) is 0 Å². The molecule has 0 atom stereocenters. The van der Waals surface area contributed by atoms with E-state index in [4.69, 9.17) is 5.11 Å². The van der Waals surface area contributed by atoms with Gasteiger partial charge in [0.25, 0.3) is 5.69 Å². The summed E-state index contributed by atoms with van der Waals surface area (Å²) >= 11 is 1.61. The predicted octanol–water partition coefficient (Wildman–Crippen LogP) is 2.98. The van der Waals surface area contributed by atoms with E-state index in [9.17, 15) is 14.9 Å². The summed E-state index contributed by atoms with van der Waals surface area (Å²) in [5, 5.41) is 22.7. The highest BCUT2D eigenvalue weighted by atomic mass is 32.1. The topological polar surface area (TPSA) is 105 Å². The number of aromatic carboxylic acids is 1. The first kappa shape index (κ1) is 14.9. The first-order valence-corrected chi connectivity index (χ1v) is 6.87. The molecule has 0 aliphatic heterocycles. The predicted molar refractivity (Wildman–Crippen MR) is 79.0 cm³/mol. The molecular formula is C13H13N3O4S. The van der Waals surface area contributed by atoms with Crippen molar-refractivity contribution >= 4 is 28.8 Å². The van der Waals surface area contributed by atoms with Gasteiger partial charge in [0.05, 0.1) is 11.5 Å². The van der Waals surface area contributed by atoms with Crippen LogP contribution in [-0.2, 0) is 6.54 Å². The van der Waals surface area contributed by atoms with E-state index in [1.54, 1.807) is 11.3 Å². The molecule has 8 heteroatoms. The summed E-state index contributed by atoms with van der Waals surface area (Å²) in [4.78, 5) is 27.2. The number of carboxylic acids is 1. The van der Waals surface area contributed by atoms with Gasteiger partial charge in [0.15, 0.2) is 0 Å². The van der Waals surface area contributed by atoms with Crippen molar-refractivity contribution in [2.24, 2.45) is 0 Å². The highest BCUT2D eigenvalue weighted by Crippen LogP contribution is 2.23. The molecule has 0 aliphatic carbocycles. The van der Waals surface area contributed by atoms with Gasteiger partial charge in [-0.15, -0.1) is 11.3 Å². The molecule has 0 aliphatic rings. The van der Waals surface area contributed by atoms with Crippen LogP contribution in [0.2, 0.25) is 0 Å². The van der Waals surface area contributed by atoms with Crippen LogP contribution in [0.5, 0.6) is 0 Å². The third-order valence-electron chi connectivity index (χ3n) is 2.96. The molecule has 0 unspecified atom stereocenters. The zero-order chi connectivity index (χ0) is 15.6. The fourth-order valence-electron chi connectivity index (χ4n) is 1.77. The number of rotatable bonds is 5. The van der Waals surface area contributed by atoms with E-state index in [0.717, 1.165) is 17.1 Å². The minimum Gasteiger partial charge on any atom is -0.478 e. The number of pyridine rings is 1. The third kappa shape index (κ3) is 3.34. The van der Waals surface area contributed by atoms with E-state index in [-0.39, 0.29) is 17.1 Å². The largest absolute Gasteiger partial charge is 0.478 e. The molecule has 0 saturated carbocycles. The number of nitro groups is 1. The molecular weight excluding hydrogens is 294 g/mol. The van der Waals surface area contributed by atoms with Crippen molar-refractivity contribution in [3.8, 4) is 0 Å². The molecule has 0 radical (unpaired) electrons. The molecule has 0 fully saturated rings. The molecule has 110 valence electrons. The van der Waals surface area contributed by atoms with E-state index in [1.807, 2.05) is 19.9 Å². The molecule has 2 heterocycles. The quantitative estimate of drug-likeness (QED) is 0.650. The van der Waals surface area contributed by atoms with Gasteiger partial charge in [-0.1, -0.05) is 0 Å². The van der Waals surface area contributed by atoms with Crippen LogP contribution >= 0.6 is 11.3 Å². The summed E-state index contributed by atoms with van der Waals surface area (Å²) in [7, 11) is 0. The Morgan fingerprint density at radius 1 is 1.48 bits per heavy atom. The number of hydrogen-bond acceptors (Lipinski definition) is 6. The Hall–Kier alpha value is -2.48. The van der Waals surface area contributed by atoms with Gasteiger partial charge in [0, 0.05) is 15.8 Å². The molecule has 2 aromatic heterocycles. The molecule has 0 spiro atoms. The van der Waals surface area contributed by atoms with Crippen LogP contribution in [0.1, 0.15) is 25.7 Å². The Balaban J connectivity index is 2.23. The molecule has 0 amide bonds. The molecule has 0 bridgehead atoms. The lowest BCUT2D eigenvalue weighted by Crippen LogP contribution is -2.08. The maximum atomic E-state index is 11.2. The second-order valence-electron chi connectivity index (χ2n) is 4.46. The minimum atomic E-state index is -1.26.